The summed E-state index contributed by atoms with van der Waals surface area (Å²) in [6.45, 7) is 8.93. The molecule has 4 nitrogen and oxygen atoms in total. The van der Waals surface area contributed by atoms with Crippen molar-refractivity contribution < 1.29 is 9.53 Å². The van der Waals surface area contributed by atoms with E-state index in [4.69, 9.17) is 16.3 Å². The van der Waals surface area contributed by atoms with Crippen LogP contribution >= 0.6 is 27.5 Å². The molecule has 2 aliphatic rings. The summed E-state index contributed by atoms with van der Waals surface area (Å²) in [7, 11) is 0. The summed E-state index contributed by atoms with van der Waals surface area (Å²) >= 11 is 9.20. The second-order valence-corrected chi connectivity index (χ2v) is 4.75. The van der Waals surface area contributed by atoms with Crippen molar-refractivity contribution in [2.75, 3.05) is 13.2 Å². The number of cyclic esters (lactones) is 1. The lowest BCUT2D eigenvalue weighted by atomic mass is 10.2. The van der Waals surface area contributed by atoms with E-state index in [2.05, 4.69) is 26.2 Å². The molecule has 0 atom stereocenters. The van der Waals surface area contributed by atoms with E-state index in [-0.39, 0.29) is 5.97 Å². The van der Waals surface area contributed by atoms with Crippen molar-refractivity contribution in [3.05, 3.63) is 34.7 Å². The fourth-order valence-electron chi connectivity index (χ4n) is 1.39. The first-order chi connectivity index (χ1) is 10.1. The number of aliphatic imine (C=N–C) groups is 1. The Kier molecular flexibility index (Phi) is 11.0. The molecule has 0 amide bonds. The summed E-state index contributed by atoms with van der Waals surface area (Å²) in [5, 5.41) is 3.74. The van der Waals surface area contributed by atoms with Gasteiger partial charge >= 0.3 is 5.97 Å². The van der Waals surface area contributed by atoms with Crippen LogP contribution in [0.5, 0.6) is 0 Å². The minimum atomic E-state index is -0.300. The number of nitrogens with zero attached hydrogens (tertiary/aromatic N) is 1. The SMILES string of the molecule is CC.CC.O=C1C=C(NCC2=CN=C(Br)C(Cl)=CC2)CO1. The summed E-state index contributed by atoms with van der Waals surface area (Å²) in [6, 6.07) is 0. The Morgan fingerprint density at radius 3 is 2.62 bits per heavy atom. The van der Waals surface area contributed by atoms with Crippen LogP contribution in [0.3, 0.4) is 0 Å². The number of nitrogens with one attached hydrogen (secondary N) is 1. The minimum Gasteiger partial charge on any atom is -0.456 e. The molecule has 2 rings (SSSR count). The van der Waals surface area contributed by atoms with Crippen LogP contribution in [0.1, 0.15) is 34.1 Å². The van der Waals surface area contributed by atoms with Gasteiger partial charge < -0.3 is 10.1 Å². The Morgan fingerprint density at radius 2 is 2.05 bits per heavy atom. The largest absolute Gasteiger partial charge is 0.456 e. The molecule has 0 aromatic rings. The Bertz CT molecular complexity index is 468. The molecule has 0 bridgehead atoms. The fourth-order valence-corrected chi connectivity index (χ4v) is 1.78. The number of hydrogen-bond donors (Lipinski definition) is 1. The molecular weight excluding hydrogens is 356 g/mol. The second-order valence-electron chi connectivity index (χ2n) is 3.59. The van der Waals surface area contributed by atoms with Gasteiger partial charge in [-0.05, 0) is 27.9 Å². The number of allylic oxidation sites excluding steroid dienone is 2. The van der Waals surface area contributed by atoms with Crippen molar-refractivity contribution in [3.63, 3.8) is 0 Å². The second kappa shape index (κ2) is 11.6. The molecule has 0 aromatic carbocycles. The summed E-state index contributed by atoms with van der Waals surface area (Å²) in [5.74, 6) is -0.300. The minimum absolute atomic E-state index is 0.300. The molecule has 0 spiro atoms. The highest BCUT2D eigenvalue weighted by atomic mass is 79.9. The van der Waals surface area contributed by atoms with Crippen LogP contribution in [0.4, 0.5) is 0 Å². The predicted octanol–water partition coefficient (Wildman–Crippen LogP) is 4.27. The van der Waals surface area contributed by atoms with Crippen molar-refractivity contribution in [1.29, 1.82) is 0 Å². The number of ether oxygens (including phenoxy) is 1. The highest BCUT2D eigenvalue weighted by Crippen LogP contribution is 2.18. The van der Waals surface area contributed by atoms with E-state index in [0.29, 0.717) is 22.8 Å². The lowest BCUT2D eigenvalue weighted by Crippen LogP contribution is -2.17. The predicted molar refractivity (Wildman–Crippen MR) is 92.7 cm³/mol. The van der Waals surface area contributed by atoms with E-state index in [1.54, 1.807) is 6.20 Å². The monoisotopic (exact) mass is 376 g/mol. The zero-order valence-corrected chi connectivity index (χ0v) is 15.2. The van der Waals surface area contributed by atoms with Gasteiger partial charge in [-0.2, -0.15) is 0 Å². The summed E-state index contributed by atoms with van der Waals surface area (Å²) in [6.07, 6.45) is 5.84. The van der Waals surface area contributed by atoms with Crippen LogP contribution in [0.15, 0.2) is 39.6 Å². The maximum Gasteiger partial charge on any atom is 0.333 e. The van der Waals surface area contributed by atoms with Crippen LogP contribution < -0.4 is 5.32 Å². The number of hydrogen-bond acceptors (Lipinski definition) is 4. The average Bonchev–Trinajstić information content (AvgIpc) is 2.88. The third-order valence-electron chi connectivity index (χ3n) is 2.31. The number of halogens is 2. The molecule has 0 unspecified atom stereocenters. The molecule has 0 aliphatic carbocycles. The molecular formula is C15H22BrClN2O2. The maximum atomic E-state index is 10.8. The third-order valence-corrected chi connectivity index (χ3v) is 3.50. The number of esters is 1. The molecule has 6 heteroatoms. The average molecular weight is 378 g/mol. The number of rotatable bonds is 3. The van der Waals surface area contributed by atoms with Crippen LogP contribution in [0, 0.1) is 0 Å². The third kappa shape index (κ3) is 7.48. The standard InChI is InChI=1S/C11H10BrClN2O2.2C2H6/c12-11-9(13)2-1-7(5-15-11)4-14-8-3-10(16)17-6-8;2*1-2/h2-3,5,14H,1,4,6H2;2*1-2H3. The normalized spacial score (nSPS) is 16.6. The van der Waals surface area contributed by atoms with Gasteiger partial charge in [-0.25, -0.2) is 9.79 Å². The maximum absolute atomic E-state index is 10.8. The highest BCUT2D eigenvalue weighted by molar-refractivity contribution is 9.18. The van der Waals surface area contributed by atoms with Gasteiger partial charge in [0.1, 0.15) is 11.2 Å². The van der Waals surface area contributed by atoms with Crippen LogP contribution in [-0.2, 0) is 9.53 Å². The summed E-state index contributed by atoms with van der Waals surface area (Å²) < 4.78 is 5.41. The van der Waals surface area contributed by atoms with Gasteiger partial charge in [0.2, 0.25) is 0 Å². The highest BCUT2D eigenvalue weighted by Gasteiger charge is 2.12. The molecule has 1 N–H and O–H groups in total. The Balaban J connectivity index is 0.000000921. The van der Waals surface area contributed by atoms with Crippen LogP contribution in [0.2, 0.25) is 0 Å². The van der Waals surface area contributed by atoms with Crippen molar-refractivity contribution in [2.45, 2.75) is 34.1 Å². The first kappa shape index (κ1) is 19.9. The van der Waals surface area contributed by atoms with Gasteiger partial charge in [0.05, 0.1) is 10.7 Å². The van der Waals surface area contributed by atoms with Crippen molar-refractivity contribution in [3.8, 4) is 0 Å². The van der Waals surface area contributed by atoms with E-state index in [9.17, 15) is 4.79 Å². The van der Waals surface area contributed by atoms with Gasteiger partial charge in [0.15, 0.2) is 0 Å². The molecule has 0 saturated heterocycles. The molecule has 0 aromatic heterocycles. The molecule has 0 saturated carbocycles. The van der Waals surface area contributed by atoms with E-state index in [0.717, 1.165) is 17.7 Å². The van der Waals surface area contributed by atoms with E-state index in [1.165, 1.54) is 6.08 Å². The van der Waals surface area contributed by atoms with Gasteiger partial charge in [-0.15, -0.1) is 0 Å². The molecule has 0 fully saturated rings. The zero-order chi connectivity index (χ0) is 16.3. The molecule has 0 radical (unpaired) electrons. The summed E-state index contributed by atoms with van der Waals surface area (Å²) in [5.41, 5.74) is 1.87. The smallest absolute Gasteiger partial charge is 0.333 e. The number of carbonyl (C=O) groups is 1. The Labute approximate surface area is 140 Å². The van der Waals surface area contributed by atoms with E-state index in [1.807, 2.05) is 33.8 Å². The van der Waals surface area contributed by atoms with Gasteiger partial charge in [-0.3, -0.25) is 0 Å². The summed E-state index contributed by atoms with van der Waals surface area (Å²) in [4.78, 5) is 15.0. The van der Waals surface area contributed by atoms with E-state index < -0.39 is 0 Å². The lowest BCUT2D eigenvalue weighted by Gasteiger charge is -2.06. The Morgan fingerprint density at radius 1 is 1.38 bits per heavy atom. The van der Waals surface area contributed by atoms with Crippen molar-refractivity contribution in [2.24, 2.45) is 4.99 Å². The van der Waals surface area contributed by atoms with Crippen molar-refractivity contribution in [1.82, 2.24) is 5.32 Å². The molecule has 2 aliphatic heterocycles. The van der Waals surface area contributed by atoms with Gasteiger partial charge in [0, 0.05) is 18.8 Å². The quantitative estimate of drug-likeness (QED) is 0.747. The van der Waals surface area contributed by atoms with E-state index >= 15 is 0 Å². The lowest BCUT2D eigenvalue weighted by molar-refractivity contribution is -0.134. The zero-order valence-electron chi connectivity index (χ0n) is 12.9. The molecule has 118 valence electrons. The fraction of sp³-hybridized carbons (Fsp3) is 0.467. The molecule has 2 heterocycles. The van der Waals surface area contributed by atoms with Crippen molar-refractivity contribution >= 4 is 38.1 Å². The molecule has 21 heavy (non-hydrogen) atoms. The topological polar surface area (TPSA) is 50.7 Å². The first-order valence-electron chi connectivity index (χ1n) is 7.03. The van der Waals surface area contributed by atoms with Gasteiger partial charge in [-0.1, -0.05) is 45.4 Å². The van der Waals surface area contributed by atoms with Gasteiger partial charge in [0.25, 0.3) is 0 Å². The first-order valence-corrected chi connectivity index (χ1v) is 8.20. The Hall–Kier alpha value is -1.07. The number of carbonyl (C=O) groups excluding carboxylic acids is 1. The van der Waals surface area contributed by atoms with Crippen LogP contribution in [0.25, 0.3) is 0 Å². The van der Waals surface area contributed by atoms with Crippen LogP contribution in [-0.4, -0.2) is 23.7 Å².